The molecule has 4 aliphatic heterocycles. The highest BCUT2D eigenvalue weighted by Gasteiger charge is 2.47. The van der Waals surface area contributed by atoms with Crippen LogP contribution in [0.2, 0.25) is 0 Å². The van der Waals surface area contributed by atoms with E-state index in [0.29, 0.717) is 11.3 Å². The highest BCUT2D eigenvalue weighted by molar-refractivity contribution is 5.87. The molecule has 5 N–H and O–H groups in total. The number of anilines is 3. The topological polar surface area (TPSA) is 159 Å². The van der Waals surface area contributed by atoms with Crippen molar-refractivity contribution in [3.05, 3.63) is 29.7 Å². The molecule has 4 atom stereocenters. The van der Waals surface area contributed by atoms with E-state index in [2.05, 4.69) is 44.6 Å². The first kappa shape index (κ1) is 23.6. The van der Waals surface area contributed by atoms with Gasteiger partial charge in [-0.15, -0.1) is 5.48 Å². The summed E-state index contributed by atoms with van der Waals surface area (Å²) in [6.45, 7) is 7.50. The molecule has 38 heavy (non-hydrogen) atoms. The van der Waals surface area contributed by atoms with E-state index < -0.39 is 12.3 Å². The molecule has 1 spiro atoms. The van der Waals surface area contributed by atoms with E-state index in [1.165, 1.54) is 0 Å². The molecule has 0 bridgehead atoms. The zero-order valence-electron chi connectivity index (χ0n) is 21.5. The number of aromatic amines is 1. The van der Waals surface area contributed by atoms with Gasteiger partial charge in [-0.05, 0) is 38.3 Å². The first-order chi connectivity index (χ1) is 18.4. The second-order valence-electron chi connectivity index (χ2n) is 10.9. The maximum absolute atomic E-state index is 11.5. The van der Waals surface area contributed by atoms with Crippen LogP contribution in [0, 0.1) is 5.41 Å². The molecule has 3 saturated heterocycles. The van der Waals surface area contributed by atoms with Gasteiger partial charge in [0.1, 0.15) is 5.82 Å². The summed E-state index contributed by atoms with van der Waals surface area (Å²) in [6.07, 6.45) is 3.84. The van der Waals surface area contributed by atoms with Gasteiger partial charge in [-0.2, -0.15) is 5.10 Å². The quantitative estimate of drug-likeness (QED) is 0.400. The van der Waals surface area contributed by atoms with Crippen molar-refractivity contribution in [1.29, 1.82) is 0 Å². The van der Waals surface area contributed by atoms with Crippen molar-refractivity contribution in [3.63, 3.8) is 0 Å². The molecule has 3 aromatic heterocycles. The third kappa shape index (κ3) is 3.68. The molecular formula is C25H32N10O3. The molecule has 13 nitrogen and oxygen atoms in total. The third-order valence-corrected chi connectivity index (χ3v) is 8.72. The van der Waals surface area contributed by atoms with E-state index >= 15 is 0 Å². The minimum atomic E-state index is -0.514. The minimum absolute atomic E-state index is 0.0632. The van der Waals surface area contributed by atoms with Crippen molar-refractivity contribution in [1.82, 2.24) is 35.9 Å². The molecular weight excluding hydrogens is 488 g/mol. The molecule has 7 heterocycles. The Morgan fingerprint density at radius 1 is 1.16 bits per heavy atom. The van der Waals surface area contributed by atoms with E-state index in [9.17, 15) is 4.79 Å². The number of hydroxylamine groups is 1. The van der Waals surface area contributed by atoms with Crippen LogP contribution in [-0.4, -0.2) is 69.6 Å². The SMILES string of the molecule is C[C@@H]1OCC2(CCN(c3cnc4c(N5CC[C@H](C)c6nc(C7NOC(=O)N7)ccc65)n[nH]c4n3)CC2)[C@@H]1N. The van der Waals surface area contributed by atoms with Crippen molar-refractivity contribution in [2.24, 2.45) is 11.1 Å². The number of pyridine rings is 1. The average Bonchev–Trinajstić information content (AvgIpc) is 3.64. The van der Waals surface area contributed by atoms with Crippen LogP contribution >= 0.6 is 0 Å². The number of carbonyl (C=O) groups is 1. The van der Waals surface area contributed by atoms with Crippen molar-refractivity contribution < 1.29 is 14.4 Å². The van der Waals surface area contributed by atoms with Gasteiger partial charge in [0.2, 0.25) is 0 Å². The van der Waals surface area contributed by atoms with Crippen molar-refractivity contribution in [3.8, 4) is 0 Å². The van der Waals surface area contributed by atoms with Gasteiger partial charge in [0.25, 0.3) is 0 Å². The van der Waals surface area contributed by atoms with Gasteiger partial charge in [-0.1, -0.05) is 6.92 Å². The van der Waals surface area contributed by atoms with Crippen LogP contribution in [0.25, 0.3) is 11.2 Å². The summed E-state index contributed by atoms with van der Waals surface area (Å²) < 4.78 is 5.87. The average molecular weight is 521 g/mol. The maximum atomic E-state index is 11.5. The Bertz CT molecular complexity index is 1390. The Morgan fingerprint density at radius 3 is 2.74 bits per heavy atom. The number of piperidine rings is 1. The number of nitrogens with two attached hydrogens (primary N) is 1. The number of amides is 1. The number of fused-ring (bicyclic) bond motifs is 2. The monoisotopic (exact) mass is 520 g/mol. The summed E-state index contributed by atoms with van der Waals surface area (Å²) in [7, 11) is 0. The lowest BCUT2D eigenvalue weighted by Crippen LogP contribution is -2.50. The standard InChI is InChI=1S/C25H32N10O3/c1-13-5-8-35(16-4-3-15(28-18(13)16)21-30-24(36)38-33-21)23-19-22(31-32-23)29-17(11-27-19)34-9-6-25(7-10-34)12-37-14(2)20(25)26/h3-4,11,13-14,20-21,33H,5-10,12,26H2,1-2H3,(H,30,36)(H,29,31,32)/t13-,14-,20+,21?/m0/s1. The highest BCUT2D eigenvalue weighted by atomic mass is 16.7. The van der Waals surface area contributed by atoms with Crippen LogP contribution in [0.4, 0.5) is 22.1 Å². The number of aromatic nitrogens is 5. The van der Waals surface area contributed by atoms with Crippen LogP contribution in [0.5, 0.6) is 0 Å². The normalized spacial score (nSPS) is 28.6. The van der Waals surface area contributed by atoms with Crippen molar-refractivity contribution >= 4 is 34.6 Å². The Hall–Kier alpha value is -3.55. The molecule has 3 fully saturated rings. The van der Waals surface area contributed by atoms with Gasteiger partial charge in [0.15, 0.2) is 23.1 Å². The number of hydrogen-bond donors (Lipinski definition) is 4. The number of hydrogen-bond acceptors (Lipinski definition) is 11. The predicted octanol–water partition coefficient (Wildman–Crippen LogP) is 1.97. The summed E-state index contributed by atoms with van der Waals surface area (Å²) in [4.78, 5) is 35.2. The lowest BCUT2D eigenvalue weighted by Gasteiger charge is -2.41. The largest absolute Gasteiger partial charge is 0.427 e. The summed E-state index contributed by atoms with van der Waals surface area (Å²) in [5.74, 6) is 1.83. The second-order valence-corrected chi connectivity index (χ2v) is 10.9. The molecule has 4 aliphatic rings. The first-order valence-electron chi connectivity index (χ1n) is 13.3. The number of carbonyl (C=O) groups excluding carboxylic acids is 1. The van der Waals surface area contributed by atoms with Crippen LogP contribution in [0.15, 0.2) is 18.3 Å². The molecule has 0 saturated carbocycles. The summed E-state index contributed by atoms with van der Waals surface area (Å²) in [5, 5.41) is 10.4. The molecule has 200 valence electrons. The predicted molar refractivity (Wildman–Crippen MR) is 139 cm³/mol. The fourth-order valence-electron chi connectivity index (χ4n) is 6.23. The van der Waals surface area contributed by atoms with Gasteiger partial charge in [0, 0.05) is 37.0 Å². The molecule has 0 aliphatic carbocycles. The summed E-state index contributed by atoms with van der Waals surface area (Å²) in [5.41, 5.74) is 13.2. The van der Waals surface area contributed by atoms with E-state index in [0.717, 1.165) is 74.0 Å². The van der Waals surface area contributed by atoms with Crippen LogP contribution in [0.1, 0.15) is 56.6 Å². The highest BCUT2D eigenvalue weighted by Crippen LogP contribution is 2.43. The number of H-pyrrole nitrogens is 1. The molecule has 0 aromatic carbocycles. The van der Waals surface area contributed by atoms with Gasteiger partial charge in [-0.25, -0.2) is 14.8 Å². The van der Waals surface area contributed by atoms with Crippen LogP contribution in [-0.2, 0) is 9.57 Å². The molecule has 0 radical (unpaired) electrons. The Kier molecular flexibility index (Phi) is 5.42. The minimum Gasteiger partial charge on any atom is -0.376 e. The zero-order valence-corrected chi connectivity index (χ0v) is 21.5. The van der Waals surface area contributed by atoms with E-state index in [1.807, 2.05) is 18.3 Å². The Morgan fingerprint density at radius 2 is 2.00 bits per heavy atom. The Labute approximate surface area is 219 Å². The third-order valence-electron chi connectivity index (χ3n) is 8.72. The number of nitrogens with zero attached hydrogens (tertiary/aromatic N) is 6. The van der Waals surface area contributed by atoms with Gasteiger partial charge in [-0.3, -0.25) is 15.4 Å². The molecule has 1 unspecified atom stereocenters. The van der Waals surface area contributed by atoms with Gasteiger partial charge < -0.3 is 25.1 Å². The molecule has 13 heteroatoms. The molecule has 7 rings (SSSR count). The molecule has 1 amide bonds. The van der Waals surface area contributed by atoms with Crippen molar-refractivity contribution in [2.45, 2.75) is 57.3 Å². The lowest BCUT2D eigenvalue weighted by atomic mass is 9.73. The smallest absolute Gasteiger partial charge is 0.376 e. The van der Waals surface area contributed by atoms with Crippen molar-refractivity contribution in [2.75, 3.05) is 36.0 Å². The molecule has 3 aromatic rings. The van der Waals surface area contributed by atoms with Crippen LogP contribution < -0.4 is 26.3 Å². The lowest BCUT2D eigenvalue weighted by molar-refractivity contribution is 0.0974. The first-order valence-corrected chi connectivity index (χ1v) is 13.3. The second kappa shape index (κ2) is 8.75. The van der Waals surface area contributed by atoms with Crippen LogP contribution in [0.3, 0.4) is 0 Å². The maximum Gasteiger partial charge on any atom is 0.427 e. The van der Waals surface area contributed by atoms with Gasteiger partial charge in [0.05, 0.1) is 36.0 Å². The fourth-order valence-corrected chi connectivity index (χ4v) is 6.23. The van der Waals surface area contributed by atoms with Gasteiger partial charge >= 0.3 is 6.09 Å². The summed E-state index contributed by atoms with van der Waals surface area (Å²) in [6, 6.07) is 3.99. The number of nitrogens with one attached hydrogen (secondary N) is 3. The summed E-state index contributed by atoms with van der Waals surface area (Å²) >= 11 is 0. The number of ether oxygens (including phenoxy) is 1. The van der Waals surface area contributed by atoms with E-state index in [4.69, 9.17) is 30.3 Å². The fraction of sp³-hybridized carbons (Fsp3) is 0.560. The zero-order chi connectivity index (χ0) is 26.0. The van der Waals surface area contributed by atoms with E-state index in [-0.39, 0.29) is 23.5 Å². The van der Waals surface area contributed by atoms with E-state index in [1.54, 1.807) is 0 Å². The number of rotatable bonds is 3. The Balaban J connectivity index is 1.13.